The molecule has 0 aromatic carbocycles. The molecule has 2 fully saturated rings. The highest BCUT2D eigenvalue weighted by Crippen LogP contribution is 2.39. The largest absolute Gasteiger partial charge is 0.392 e. The minimum Gasteiger partial charge on any atom is -0.392 e. The summed E-state index contributed by atoms with van der Waals surface area (Å²) in [5, 5.41) is 10.6. The van der Waals surface area contributed by atoms with Crippen molar-refractivity contribution >= 4 is 5.95 Å². The van der Waals surface area contributed by atoms with Crippen LogP contribution in [0.4, 0.5) is 5.95 Å². The second kappa shape index (κ2) is 6.13. The van der Waals surface area contributed by atoms with E-state index in [1.165, 1.54) is 0 Å². The zero-order valence-electron chi connectivity index (χ0n) is 14.0. The van der Waals surface area contributed by atoms with E-state index in [2.05, 4.69) is 35.7 Å². The molecule has 0 amide bonds. The number of nitrogens with zero attached hydrogens (tertiary/aromatic N) is 4. The van der Waals surface area contributed by atoms with Gasteiger partial charge in [-0.3, -0.25) is 0 Å². The van der Waals surface area contributed by atoms with Gasteiger partial charge >= 0.3 is 0 Å². The zero-order valence-corrected chi connectivity index (χ0v) is 14.0. The summed E-state index contributed by atoms with van der Waals surface area (Å²) in [6.45, 7) is 8.11. The SMILES string of the molecule is CC(C)c1ccnc(N2CCC[C@]3(CN(C)CC[C@@H]3O)C2)n1. The van der Waals surface area contributed by atoms with Crippen molar-refractivity contribution in [2.45, 2.75) is 45.1 Å². The lowest BCUT2D eigenvalue weighted by Crippen LogP contribution is -2.58. The van der Waals surface area contributed by atoms with Crippen LogP contribution in [0.2, 0.25) is 0 Å². The van der Waals surface area contributed by atoms with Gasteiger partial charge in [-0.05, 0) is 38.3 Å². The number of hydrogen-bond donors (Lipinski definition) is 1. The molecule has 3 rings (SSSR count). The van der Waals surface area contributed by atoms with E-state index in [-0.39, 0.29) is 11.5 Å². The van der Waals surface area contributed by atoms with Gasteiger partial charge in [0.25, 0.3) is 0 Å². The van der Waals surface area contributed by atoms with Crippen LogP contribution in [0.3, 0.4) is 0 Å². The Labute approximate surface area is 133 Å². The number of aliphatic hydroxyl groups excluding tert-OH is 1. The Morgan fingerprint density at radius 3 is 2.91 bits per heavy atom. The molecule has 5 nitrogen and oxygen atoms in total. The number of anilines is 1. The zero-order chi connectivity index (χ0) is 15.7. The van der Waals surface area contributed by atoms with Gasteiger partial charge in [0.05, 0.1) is 6.10 Å². The third-order valence-electron chi connectivity index (χ3n) is 5.22. The normalized spacial score (nSPS) is 30.2. The van der Waals surface area contributed by atoms with Gasteiger partial charge in [-0.1, -0.05) is 13.8 Å². The molecule has 122 valence electrons. The molecular formula is C17H28N4O. The molecule has 2 aliphatic heterocycles. The van der Waals surface area contributed by atoms with E-state index in [0.29, 0.717) is 5.92 Å². The molecule has 1 spiro atoms. The third-order valence-corrected chi connectivity index (χ3v) is 5.22. The number of likely N-dealkylation sites (tertiary alicyclic amines) is 1. The van der Waals surface area contributed by atoms with E-state index in [9.17, 15) is 5.11 Å². The van der Waals surface area contributed by atoms with Crippen LogP contribution in [0.5, 0.6) is 0 Å². The molecule has 5 heteroatoms. The fourth-order valence-corrected chi connectivity index (χ4v) is 3.94. The number of rotatable bonds is 2. The molecule has 0 unspecified atom stereocenters. The molecule has 2 atom stereocenters. The summed E-state index contributed by atoms with van der Waals surface area (Å²) in [6.07, 6.45) is 4.72. The molecule has 3 heterocycles. The Morgan fingerprint density at radius 1 is 1.32 bits per heavy atom. The minimum absolute atomic E-state index is 0.0254. The Balaban J connectivity index is 1.82. The number of aliphatic hydroxyl groups is 1. The second-order valence-electron chi connectivity index (χ2n) is 7.37. The maximum absolute atomic E-state index is 10.6. The maximum atomic E-state index is 10.6. The first kappa shape index (κ1) is 15.7. The van der Waals surface area contributed by atoms with Crippen molar-refractivity contribution in [3.05, 3.63) is 18.0 Å². The summed E-state index contributed by atoms with van der Waals surface area (Å²) in [6, 6.07) is 2.00. The highest BCUT2D eigenvalue weighted by atomic mass is 16.3. The Hall–Kier alpha value is -1.20. The Kier molecular flexibility index (Phi) is 4.37. The Morgan fingerprint density at radius 2 is 2.14 bits per heavy atom. The Bertz CT molecular complexity index is 521. The molecule has 1 aromatic heterocycles. The van der Waals surface area contributed by atoms with Crippen LogP contribution in [0.1, 0.15) is 44.7 Å². The summed E-state index contributed by atoms with van der Waals surface area (Å²) < 4.78 is 0. The van der Waals surface area contributed by atoms with E-state index in [1.54, 1.807) is 0 Å². The third kappa shape index (κ3) is 2.97. The molecule has 1 aromatic rings. The van der Waals surface area contributed by atoms with Crippen LogP contribution in [-0.2, 0) is 0 Å². The van der Waals surface area contributed by atoms with Gasteiger partial charge in [-0.2, -0.15) is 0 Å². The quantitative estimate of drug-likeness (QED) is 0.904. The molecule has 22 heavy (non-hydrogen) atoms. The highest BCUT2D eigenvalue weighted by Gasteiger charge is 2.45. The number of aromatic nitrogens is 2. The van der Waals surface area contributed by atoms with Crippen molar-refractivity contribution in [1.29, 1.82) is 0 Å². The van der Waals surface area contributed by atoms with E-state index >= 15 is 0 Å². The summed E-state index contributed by atoms with van der Waals surface area (Å²) in [4.78, 5) is 13.8. The molecule has 0 radical (unpaired) electrons. The van der Waals surface area contributed by atoms with Crippen LogP contribution in [0.15, 0.2) is 12.3 Å². The van der Waals surface area contributed by atoms with Crippen molar-refractivity contribution in [1.82, 2.24) is 14.9 Å². The lowest BCUT2D eigenvalue weighted by atomic mass is 9.71. The molecule has 2 aliphatic rings. The smallest absolute Gasteiger partial charge is 0.225 e. The lowest BCUT2D eigenvalue weighted by molar-refractivity contribution is -0.0467. The maximum Gasteiger partial charge on any atom is 0.225 e. The van der Waals surface area contributed by atoms with Crippen molar-refractivity contribution < 1.29 is 5.11 Å². The fraction of sp³-hybridized carbons (Fsp3) is 0.765. The van der Waals surface area contributed by atoms with Crippen molar-refractivity contribution in [2.24, 2.45) is 5.41 Å². The molecule has 0 aliphatic carbocycles. The van der Waals surface area contributed by atoms with E-state index in [0.717, 1.165) is 57.1 Å². The van der Waals surface area contributed by atoms with E-state index in [1.807, 2.05) is 12.3 Å². The molecule has 1 N–H and O–H groups in total. The van der Waals surface area contributed by atoms with Crippen LogP contribution in [0, 0.1) is 5.41 Å². The second-order valence-corrected chi connectivity index (χ2v) is 7.37. The number of hydrogen-bond acceptors (Lipinski definition) is 5. The first-order valence-electron chi connectivity index (χ1n) is 8.45. The van der Waals surface area contributed by atoms with Gasteiger partial charge in [0.1, 0.15) is 0 Å². The van der Waals surface area contributed by atoms with Gasteiger partial charge < -0.3 is 14.9 Å². The fourth-order valence-electron chi connectivity index (χ4n) is 3.94. The van der Waals surface area contributed by atoms with Crippen molar-refractivity contribution in [3.8, 4) is 0 Å². The van der Waals surface area contributed by atoms with Gasteiger partial charge in [0.2, 0.25) is 5.95 Å². The topological polar surface area (TPSA) is 52.5 Å². The molecular weight excluding hydrogens is 276 g/mol. The van der Waals surface area contributed by atoms with Crippen LogP contribution < -0.4 is 4.90 Å². The lowest BCUT2D eigenvalue weighted by Gasteiger charge is -2.50. The van der Waals surface area contributed by atoms with Gasteiger partial charge in [0, 0.05) is 43.5 Å². The summed E-state index contributed by atoms with van der Waals surface area (Å²) >= 11 is 0. The average Bonchev–Trinajstić information content (AvgIpc) is 2.52. The van der Waals surface area contributed by atoms with Gasteiger partial charge in [0.15, 0.2) is 0 Å². The van der Waals surface area contributed by atoms with Crippen LogP contribution in [0.25, 0.3) is 0 Å². The first-order valence-corrected chi connectivity index (χ1v) is 8.45. The van der Waals surface area contributed by atoms with Crippen LogP contribution in [-0.4, -0.2) is 59.3 Å². The molecule has 0 bridgehead atoms. The van der Waals surface area contributed by atoms with Gasteiger partial charge in [-0.25, -0.2) is 9.97 Å². The predicted octanol–water partition coefficient (Wildman–Crippen LogP) is 1.88. The van der Waals surface area contributed by atoms with E-state index in [4.69, 9.17) is 4.98 Å². The monoisotopic (exact) mass is 304 g/mol. The highest BCUT2D eigenvalue weighted by molar-refractivity contribution is 5.33. The predicted molar refractivity (Wildman–Crippen MR) is 88.1 cm³/mol. The van der Waals surface area contributed by atoms with Crippen molar-refractivity contribution in [2.75, 3.05) is 38.1 Å². The van der Waals surface area contributed by atoms with Crippen molar-refractivity contribution in [3.63, 3.8) is 0 Å². The molecule has 2 saturated heterocycles. The number of piperidine rings is 2. The van der Waals surface area contributed by atoms with E-state index < -0.39 is 0 Å². The average molecular weight is 304 g/mol. The van der Waals surface area contributed by atoms with Crippen LogP contribution >= 0.6 is 0 Å². The summed E-state index contributed by atoms with van der Waals surface area (Å²) in [5.41, 5.74) is 1.06. The summed E-state index contributed by atoms with van der Waals surface area (Å²) in [5.74, 6) is 1.23. The first-order chi connectivity index (χ1) is 10.5. The van der Waals surface area contributed by atoms with Gasteiger partial charge in [-0.15, -0.1) is 0 Å². The molecule has 0 saturated carbocycles. The standard InChI is InChI=1S/C17H28N4O/c1-13(2)14-5-8-18-16(19-14)21-9-4-7-17(12-21)11-20(3)10-6-15(17)22/h5,8,13,15,22H,4,6-7,9-12H2,1-3H3/t15-,17-/m0/s1. The summed E-state index contributed by atoms with van der Waals surface area (Å²) in [7, 11) is 2.16. The minimum atomic E-state index is -0.209.